The summed E-state index contributed by atoms with van der Waals surface area (Å²) in [5.74, 6) is -0.386. The van der Waals surface area contributed by atoms with Crippen molar-refractivity contribution < 1.29 is 9.50 Å². The van der Waals surface area contributed by atoms with Gasteiger partial charge in [-0.1, -0.05) is 18.2 Å². The zero-order valence-corrected chi connectivity index (χ0v) is 10.6. The minimum atomic E-state index is -0.854. The first-order chi connectivity index (χ1) is 8.16. The highest BCUT2D eigenvalue weighted by atomic mass is 79.9. The third-order valence-electron chi connectivity index (χ3n) is 2.45. The third-order valence-corrected chi connectivity index (χ3v) is 2.89. The van der Waals surface area contributed by atoms with Crippen molar-refractivity contribution in [2.75, 3.05) is 0 Å². The van der Waals surface area contributed by atoms with Crippen LogP contribution in [-0.4, -0.2) is 10.1 Å². The zero-order chi connectivity index (χ0) is 12.3. The largest absolute Gasteiger partial charge is 0.388 e. The first-order valence-corrected chi connectivity index (χ1v) is 5.98. The summed E-state index contributed by atoms with van der Waals surface area (Å²) >= 11 is 3.30. The van der Waals surface area contributed by atoms with Crippen molar-refractivity contribution in [2.24, 2.45) is 0 Å². The summed E-state index contributed by atoms with van der Waals surface area (Å²) in [6.45, 7) is 0. The number of hydrogen-bond acceptors (Lipinski definition) is 2. The van der Waals surface area contributed by atoms with Gasteiger partial charge in [-0.25, -0.2) is 4.39 Å². The zero-order valence-electron chi connectivity index (χ0n) is 8.98. The quantitative estimate of drug-likeness (QED) is 0.943. The average Bonchev–Trinajstić information content (AvgIpc) is 2.29. The summed E-state index contributed by atoms with van der Waals surface area (Å²) in [5, 5.41) is 9.96. The van der Waals surface area contributed by atoms with Crippen molar-refractivity contribution in [3.63, 3.8) is 0 Å². The molecule has 1 atom stereocenters. The molecule has 0 saturated carbocycles. The number of rotatable bonds is 3. The molecule has 0 bridgehead atoms. The molecule has 1 unspecified atom stereocenters. The smallest absolute Gasteiger partial charge is 0.129 e. The van der Waals surface area contributed by atoms with E-state index in [1.165, 1.54) is 6.07 Å². The van der Waals surface area contributed by atoms with Crippen LogP contribution in [-0.2, 0) is 6.42 Å². The van der Waals surface area contributed by atoms with Crippen molar-refractivity contribution in [2.45, 2.75) is 12.5 Å². The van der Waals surface area contributed by atoms with E-state index >= 15 is 0 Å². The van der Waals surface area contributed by atoms with E-state index in [2.05, 4.69) is 20.9 Å². The van der Waals surface area contributed by atoms with Crippen LogP contribution in [0.15, 0.2) is 47.2 Å². The SMILES string of the molecule is OC(Cc1cncc(Br)c1)c1ccccc1F. The number of nitrogens with zero attached hydrogens (tertiary/aromatic N) is 1. The van der Waals surface area contributed by atoms with Gasteiger partial charge in [0.1, 0.15) is 5.82 Å². The number of benzene rings is 1. The highest BCUT2D eigenvalue weighted by Gasteiger charge is 2.12. The van der Waals surface area contributed by atoms with Crippen LogP contribution in [0.1, 0.15) is 17.2 Å². The van der Waals surface area contributed by atoms with E-state index in [-0.39, 0.29) is 5.82 Å². The Hall–Kier alpha value is -1.26. The molecule has 0 saturated heterocycles. The molecule has 0 radical (unpaired) electrons. The van der Waals surface area contributed by atoms with Gasteiger partial charge >= 0.3 is 0 Å². The first-order valence-electron chi connectivity index (χ1n) is 5.19. The van der Waals surface area contributed by atoms with E-state index in [1.807, 2.05) is 6.07 Å². The monoisotopic (exact) mass is 295 g/mol. The molecule has 2 rings (SSSR count). The van der Waals surface area contributed by atoms with Crippen molar-refractivity contribution in [1.29, 1.82) is 0 Å². The Morgan fingerprint density at radius 3 is 2.76 bits per heavy atom. The molecule has 4 heteroatoms. The van der Waals surface area contributed by atoms with Gasteiger partial charge in [0.2, 0.25) is 0 Å². The fraction of sp³-hybridized carbons (Fsp3) is 0.154. The lowest BCUT2D eigenvalue weighted by Gasteiger charge is -2.11. The molecule has 1 aromatic carbocycles. The lowest BCUT2D eigenvalue weighted by Crippen LogP contribution is -2.04. The maximum absolute atomic E-state index is 13.4. The van der Waals surface area contributed by atoms with Crippen molar-refractivity contribution in [1.82, 2.24) is 4.98 Å². The lowest BCUT2D eigenvalue weighted by atomic mass is 10.0. The van der Waals surface area contributed by atoms with Crippen molar-refractivity contribution >= 4 is 15.9 Å². The predicted molar refractivity (Wildman–Crippen MR) is 67.0 cm³/mol. The number of halogens is 2. The molecule has 0 fully saturated rings. The number of aromatic nitrogens is 1. The van der Waals surface area contributed by atoms with E-state index in [1.54, 1.807) is 30.6 Å². The summed E-state index contributed by atoms with van der Waals surface area (Å²) in [6.07, 6.45) is 2.81. The van der Waals surface area contributed by atoms with E-state index in [0.29, 0.717) is 12.0 Å². The Kier molecular flexibility index (Phi) is 3.86. The molecule has 2 nitrogen and oxygen atoms in total. The molecule has 0 aliphatic rings. The Morgan fingerprint density at radius 1 is 1.29 bits per heavy atom. The summed E-state index contributed by atoms with van der Waals surface area (Å²) < 4.78 is 14.3. The van der Waals surface area contributed by atoms with Crippen LogP contribution >= 0.6 is 15.9 Å². The lowest BCUT2D eigenvalue weighted by molar-refractivity contribution is 0.173. The minimum absolute atomic E-state index is 0.312. The molecule has 88 valence electrons. The van der Waals surface area contributed by atoms with Crippen LogP contribution in [0.25, 0.3) is 0 Å². The summed E-state index contributed by atoms with van der Waals surface area (Å²) in [7, 11) is 0. The van der Waals surface area contributed by atoms with Gasteiger partial charge in [0.15, 0.2) is 0 Å². The van der Waals surface area contributed by atoms with Gasteiger partial charge < -0.3 is 5.11 Å². The normalized spacial score (nSPS) is 12.4. The Bertz CT molecular complexity index is 518. The van der Waals surface area contributed by atoms with Gasteiger partial charge in [-0.05, 0) is 33.6 Å². The Balaban J connectivity index is 2.17. The van der Waals surface area contributed by atoms with Crippen LogP contribution in [0.2, 0.25) is 0 Å². The van der Waals surface area contributed by atoms with Gasteiger partial charge in [-0.2, -0.15) is 0 Å². The molecule has 0 aliphatic heterocycles. The third kappa shape index (κ3) is 3.11. The summed E-state index contributed by atoms with van der Waals surface area (Å²) in [6, 6.07) is 8.10. The van der Waals surface area contributed by atoms with Gasteiger partial charge in [-0.3, -0.25) is 4.98 Å². The van der Waals surface area contributed by atoms with Crippen LogP contribution in [0, 0.1) is 5.82 Å². The van der Waals surface area contributed by atoms with Gasteiger partial charge in [0.05, 0.1) is 6.10 Å². The second-order valence-corrected chi connectivity index (χ2v) is 4.67. The second kappa shape index (κ2) is 5.38. The Labute approximate surface area is 107 Å². The number of hydrogen-bond donors (Lipinski definition) is 1. The van der Waals surface area contributed by atoms with Crippen molar-refractivity contribution in [3.8, 4) is 0 Å². The molecular weight excluding hydrogens is 285 g/mol. The fourth-order valence-electron chi connectivity index (χ4n) is 1.65. The molecule has 2 aromatic rings. The first kappa shape index (κ1) is 12.2. The fourth-order valence-corrected chi connectivity index (χ4v) is 2.06. The highest BCUT2D eigenvalue weighted by Crippen LogP contribution is 2.21. The number of pyridine rings is 1. The van der Waals surface area contributed by atoms with Gasteiger partial charge in [0.25, 0.3) is 0 Å². The van der Waals surface area contributed by atoms with E-state index < -0.39 is 6.10 Å². The standard InChI is InChI=1S/C13H11BrFNO/c14-10-5-9(7-16-8-10)6-13(17)11-3-1-2-4-12(11)15/h1-5,7-8,13,17H,6H2. The van der Waals surface area contributed by atoms with Crippen LogP contribution in [0.3, 0.4) is 0 Å². The molecular formula is C13H11BrFNO. The van der Waals surface area contributed by atoms with E-state index in [0.717, 1.165) is 10.0 Å². The highest BCUT2D eigenvalue weighted by molar-refractivity contribution is 9.10. The summed E-state index contributed by atoms with van der Waals surface area (Å²) in [4.78, 5) is 4.00. The molecule has 17 heavy (non-hydrogen) atoms. The van der Waals surface area contributed by atoms with Gasteiger partial charge in [-0.15, -0.1) is 0 Å². The number of aliphatic hydroxyl groups excluding tert-OH is 1. The number of aliphatic hydroxyl groups is 1. The molecule has 1 heterocycles. The maximum Gasteiger partial charge on any atom is 0.129 e. The summed E-state index contributed by atoms with van der Waals surface area (Å²) in [5.41, 5.74) is 1.17. The molecule has 1 aromatic heterocycles. The minimum Gasteiger partial charge on any atom is -0.388 e. The van der Waals surface area contributed by atoms with E-state index in [4.69, 9.17) is 0 Å². The van der Waals surface area contributed by atoms with Crippen LogP contribution in [0.4, 0.5) is 4.39 Å². The van der Waals surface area contributed by atoms with Gasteiger partial charge in [0, 0.05) is 28.9 Å². The maximum atomic E-state index is 13.4. The molecule has 0 spiro atoms. The van der Waals surface area contributed by atoms with E-state index in [9.17, 15) is 9.50 Å². The average molecular weight is 296 g/mol. The molecule has 0 aliphatic carbocycles. The topological polar surface area (TPSA) is 33.1 Å². The molecule has 1 N–H and O–H groups in total. The second-order valence-electron chi connectivity index (χ2n) is 3.75. The Morgan fingerprint density at radius 2 is 2.06 bits per heavy atom. The van der Waals surface area contributed by atoms with Crippen molar-refractivity contribution in [3.05, 3.63) is 64.1 Å². The van der Waals surface area contributed by atoms with Crippen LogP contribution in [0.5, 0.6) is 0 Å². The van der Waals surface area contributed by atoms with Crippen LogP contribution < -0.4 is 0 Å². The predicted octanol–water partition coefficient (Wildman–Crippen LogP) is 3.26. The molecule has 0 amide bonds.